The lowest BCUT2D eigenvalue weighted by atomic mass is 10.0. The van der Waals surface area contributed by atoms with Gasteiger partial charge in [0.2, 0.25) is 0 Å². The number of benzene rings is 1. The zero-order valence-electron chi connectivity index (χ0n) is 12.4. The summed E-state index contributed by atoms with van der Waals surface area (Å²) in [6.07, 6.45) is 0.0807. The molecule has 21 heavy (non-hydrogen) atoms. The monoisotopic (exact) mass is 296 g/mol. The molecule has 1 aromatic carbocycles. The molecule has 1 rings (SSSR count). The molecule has 0 radical (unpaired) electrons. The summed E-state index contributed by atoms with van der Waals surface area (Å²) in [5.74, 6) is -2.05. The predicted molar refractivity (Wildman–Crippen MR) is 78.2 cm³/mol. The van der Waals surface area contributed by atoms with E-state index in [0.717, 1.165) is 6.42 Å². The van der Waals surface area contributed by atoms with Crippen molar-refractivity contribution in [2.75, 3.05) is 11.9 Å². The van der Waals surface area contributed by atoms with Crippen LogP contribution < -0.4 is 10.6 Å². The van der Waals surface area contributed by atoms with E-state index in [4.69, 9.17) is 0 Å². The molecule has 0 aliphatic carbocycles. The third-order valence-electron chi connectivity index (χ3n) is 3.42. The van der Waals surface area contributed by atoms with E-state index in [0.29, 0.717) is 11.3 Å². The number of aliphatic hydroxyl groups is 1. The highest BCUT2D eigenvalue weighted by Gasteiger charge is 2.18. The Morgan fingerprint density at radius 3 is 2.57 bits per heavy atom. The molecule has 5 nitrogen and oxygen atoms in total. The number of nitrogens with one attached hydrogen (secondary N) is 2. The van der Waals surface area contributed by atoms with Gasteiger partial charge in [0.1, 0.15) is 5.82 Å². The highest BCUT2D eigenvalue weighted by Crippen LogP contribution is 2.15. The fraction of sp³-hybridized carbons (Fsp3) is 0.467. The van der Waals surface area contributed by atoms with Gasteiger partial charge in [-0.3, -0.25) is 9.59 Å². The summed E-state index contributed by atoms with van der Waals surface area (Å²) >= 11 is 0. The van der Waals surface area contributed by atoms with Gasteiger partial charge in [-0.1, -0.05) is 20.3 Å². The number of carbonyl (C=O) groups is 2. The zero-order chi connectivity index (χ0) is 16.0. The molecule has 1 aromatic rings. The summed E-state index contributed by atoms with van der Waals surface area (Å²) in [4.78, 5) is 23.3. The number of halogens is 1. The van der Waals surface area contributed by atoms with Crippen molar-refractivity contribution in [1.29, 1.82) is 0 Å². The van der Waals surface area contributed by atoms with Crippen LogP contribution in [-0.2, 0) is 9.59 Å². The fourth-order valence-electron chi connectivity index (χ4n) is 1.70. The summed E-state index contributed by atoms with van der Waals surface area (Å²) in [5, 5.41) is 14.5. The number of aliphatic hydroxyl groups excluding tert-OH is 1. The Morgan fingerprint density at radius 2 is 2.00 bits per heavy atom. The van der Waals surface area contributed by atoms with Crippen LogP contribution in [0.5, 0.6) is 0 Å². The highest BCUT2D eigenvalue weighted by atomic mass is 19.1. The zero-order valence-corrected chi connectivity index (χ0v) is 12.4. The van der Waals surface area contributed by atoms with Gasteiger partial charge in [0, 0.05) is 12.2 Å². The predicted octanol–water partition coefficient (Wildman–Crippen LogP) is 1.60. The molecule has 0 heterocycles. The summed E-state index contributed by atoms with van der Waals surface area (Å²) in [6, 6.07) is 3.86. The van der Waals surface area contributed by atoms with Gasteiger partial charge in [0.05, 0.1) is 6.10 Å². The van der Waals surface area contributed by atoms with Crippen molar-refractivity contribution in [3.8, 4) is 0 Å². The van der Waals surface area contributed by atoms with E-state index in [9.17, 15) is 19.1 Å². The lowest BCUT2D eigenvalue weighted by Crippen LogP contribution is -2.41. The summed E-state index contributed by atoms with van der Waals surface area (Å²) < 4.78 is 12.9. The van der Waals surface area contributed by atoms with Crippen molar-refractivity contribution >= 4 is 17.5 Å². The number of hydrogen-bond donors (Lipinski definition) is 3. The standard InChI is InChI=1S/C15H21FN2O3/c1-4-9(2)13(19)8-17-14(20)15(21)18-12-6-5-11(16)7-10(12)3/h5-7,9,13,19H,4,8H2,1-3H3,(H,17,20)(H,18,21). The minimum atomic E-state index is -0.846. The molecule has 116 valence electrons. The van der Waals surface area contributed by atoms with Crippen LogP contribution in [0, 0.1) is 18.7 Å². The topological polar surface area (TPSA) is 78.4 Å². The number of rotatable bonds is 5. The average Bonchev–Trinajstić information content (AvgIpc) is 2.46. The molecule has 6 heteroatoms. The van der Waals surface area contributed by atoms with Crippen LogP contribution in [-0.4, -0.2) is 29.6 Å². The molecule has 0 aromatic heterocycles. The van der Waals surface area contributed by atoms with Gasteiger partial charge in [-0.25, -0.2) is 4.39 Å². The largest absolute Gasteiger partial charge is 0.391 e. The number of hydrogen-bond acceptors (Lipinski definition) is 3. The van der Waals surface area contributed by atoms with E-state index in [-0.39, 0.29) is 12.5 Å². The van der Waals surface area contributed by atoms with Gasteiger partial charge in [-0.15, -0.1) is 0 Å². The number of aryl methyl sites for hydroxylation is 1. The maximum absolute atomic E-state index is 12.9. The summed E-state index contributed by atoms with van der Waals surface area (Å²) in [5.41, 5.74) is 0.898. The van der Waals surface area contributed by atoms with Gasteiger partial charge in [0.25, 0.3) is 0 Å². The quantitative estimate of drug-likeness (QED) is 0.722. The Bertz CT molecular complexity index is 520. The molecular formula is C15H21FN2O3. The van der Waals surface area contributed by atoms with Crippen LogP contribution in [0.15, 0.2) is 18.2 Å². The van der Waals surface area contributed by atoms with Crippen LogP contribution in [0.25, 0.3) is 0 Å². The molecule has 0 aliphatic heterocycles. The molecule has 0 spiro atoms. The molecule has 2 unspecified atom stereocenters. The number of amides is 2. The number of anilines is 1. The Balaban J connectivity index is 2.53. The minimum Gasteiger partial charge on any atom is -0.391 e. The normalized spacial score (nSPS) is 13.4. The first kappa shape index (κ1) is 17.1. The molecule has 0 bridgehead atoms. The van der Waals surface area contributed by atoms with E-state index in [2.05, 4.69) is 10.6 Å². The van der Waals surface area contributed by atoms with Crippen molar-refractivity contribution in [2.24, 2.45) is 5.92 Å². The summed E-state index contributed by atoms with van der Waals surface area (Å²) in [7, 11) is 0. The van der Waals surface area contributed by atoms with Crippen molar-refractivity contribution in [3.05, 3.63) is 29.6 Å². The van der Waals surface area contributed by atoms with Crippen molar-refractivity contribution in [3.63, 3.8) is 0 Å². The fourth-order valence-corrected chi connectivity index (χ4v) is 1.70. The lowest BCUT2D eigenvalue weighted by molar-refractivity contribution is -0.136. The molecule has 3 N–H and O–H groups in total. The molecule has 0 saturated heterocycles. The average molecular weight is 296 g/mol. The smallest absolute Gasteiger partial charge is 0.313 e. The molecule has 2 amide bonds. The van der Waals surface area contributed by atoms with Crippen LogP contribution in [0.1, 0.15) is 25.8 Å². The lowest BCUT2D eigenvalue weighted by Gasteiger charge is -2.17. The van der Waals surface area contributed by atoms with Gasteiger partial charge >= 0.3 is 11.8 Å². The maximum Gasteiger partial charge on any atom is 0.313 e. The van der Waals surface area contributed by atoms with Crippen LogP contribution in [0.3, 0.4) is 0 Å². The SMILES string of the molecule is CCC(C)C(O)CNC(=O)C(=O)Nc1ccc(F)cc1C. The second-order valence-corrected chi connectivity index (χ2v) is 5.08. The molecule has 2 atom stereocenters. The Kier molecular flexibility index (Phi) is 6.30. The Morgan fingerprint density at radius 1 is 1.33 bits per heavy atom. The van der Waals surface area contributed by atoms with E-state index in [1.807, 2.05) is 13.8 Å². The van der Waals surface area contributed by atoms with Crippen LogP contribution >= 0.6 is 0 Å². The molecular weight excluding hydrogens is 275 g/mol. The maximum atomic E-state index is 12.9. The van der Waals surface area contributed by atoms with Gasteiger partial charge in [-0.05, 0) is 36.6 Å². The van der Waals surface area contributed by atoms with Crippen LogP contribution in [0.2, 0.25) is 0 Å². The first-order valence-corrected chi connectivity index (χ1v) is 6.88. The van der Waals surface area contributed by atoms with Crippen LogP contribution in [0.4, 0.5) is 10.1 Å². The van der Waals surface area contributed by atoms with Gasteiger partial charge in [0.15, 0.2) is 0 Å². The molecule has 0 saturated carbocycles. The summed E-state index contributed by atoms with van der Waals surface area (Å²) in [6.45, 7) is 5.44. The molecule has 0 aliphatic rings. The van der Waals surface area contributed by atoms with E-state index >= 15 is 0 Å². The van der Waals surface area contributed by atoms with Gasteiger partial charge < -0.3 is 15.7 Å². The van der Waals surface area contributed by atoms with Crippen molar-refractivity contribution in [1.82, 2.24) is 5.32 Å². The first-order valence-electron chi connectivity index (χ1n) is 6.88. The van der Waals surface area contributed by atoms with Gasteiger partial charge in [-0.2, -0.15) is 0 Å². The second kappa shape index (κ2) is 7.73. The van der Waals surface area contributed by atoms with E-state index in [1.165, 1.54) is 18.2 Å². The highest BCUT2D eigenvalue weighted by molar-refractivity contribution is 6.39. The third kappa shape index (κ3) is 5.15. The number of carbonyl (C=O) groups excluding carboxylic acids is 2. The Labute approximate surface area is 123 Å². The van der Waals surface area contributed by atoms with Crippen molar-refractivity contribution in [2.45, 2.75) is 33.3 Å². The van der Waals surface area contributed by atoms with E-state index in [1.54, 1.807) is 6.92 Å². The third-order valence-corrected chi connectivity index (χ3v) is 3.42. The second-order valence-electron chi connectivity index (χ2n) is 5.08. The van der Waals surface area contributed by atoms with Crippen molar-refractivity contribution < 1.29 is 19.1 Å². The first-order chi connectivity index (χ1) is 9.85. The molecule has 0 fully saturated rings. The van der Waals surface area contributed by atoms with E-state index < -0.39 is 23.7 Å². The minimum absolute atomic E-state index is 0.0175. The Hall–Kier alpha value is -1.95.